The first-order valence-electron chi connectivity index (χ1n) is 8.46. The summed E-state index contributed by atoms with van der Waals surface area (Å²) in [4.78, 5) is 13.7. The topological polar surface area (TPSA) is 143 Å². The van der Waals surface area contributed by atoms with Crippen LogP contribution < -0.4 is 21.1 Å². The number of aliphatic imine (C=N–C) groups is 1. The van der Waals surface area contributed by atoms with Gasteiger partial charge >= 0.3 is 0 Å². The Morgan fingerprint density at radius 2 is 2.07 bits per heavy atom. The zero-order chi connectivity index (χ0) is 21.3. The van der Waals surface area contributed by atoms with Gasteiger partial charge < -0.3 is 25.7 Å². The van der Waals surface area contributed by atoms with E-state index in [1.165, 1.54) is 37.1 Å². The Morgan fingerprint density at radius 1 is 1.38 bits per heavy atom. The molecule has 3 unspecified atom stereocenters. The molecule has 1 fully saturated rings. The summed E-state index contributed by atoms with van der Waals surface area (Å²) in [7, 11) is 1.25. The predicted octanol–water partition coefficient (Wildman–Crippen LogP) is 0.308. The van der Waals surface area contributed by atoms with Gasteiger partial charge in [0, 0.05) is 12.1 Å². The number of methoxy groups -OCH3 is 1. The average molecular weight is 425 g/mol. The van der Waals surface area contributed by atoms with Crippen molar-refractivity contribution in [1.82, 2.24) is 9.97 Å². The summed E-state index contributed by atoms with van der Waals surface area (Å²) in [6, 6.07) is 5.63. The Hall–Kier alpha value is -2.86. The van der Waals surface area contributed by atoms with Gasteiger partial charge in [-0.15, -0.1) is 0 Å². The van der Waals surface area contributed by atoms with Crippen molar-refractivity contribution < 1.29 is 22.3 Å². The van der Waals surface area contributed by atoms with Gasteiger partial charge in [0.1, 0.15) is 11.4 Å². The van der Waals surface area contributed by atoms with Crippen LogP contribution in [-0.2, 0) is 16.6 Å². The van der Waals surface area contributed by atoms with E-state index in [-0.39, 0.29) is 36.2 Å². The number of nitrogens with two attached hydrogens (primary N) is 2. The van der Waals surface area contributed by atoms with Crippen molar-refractivity contribution in [1.29, 1.82) is 0 Å². The smallest absolute Gasteiger partial charge is 0.255 e. The number of aromatic nitrogens is 2. The maximum atomic E-state index is 14.7. The number of nitrogens with zero attached hydrogens (tertiary/aromatic N) is 4. The number of hydrogen-bond acceptors (Lipinski definition) is 7. The number of halogens is 2. The third-order valence-electron chi connectivity index (χ3n) is 4.70. The molecule has 1 aliphatic heterocycles. The minimum atomic E-state index is -2.68. The van der Waals surface area contributed by atoms with Crippen LogP contribution in [0.25, 0.3) is 0 Å². The van der Waals surface area contributed by atoms with Gasteiger partial charge in [-0.2, -0.15) is 9.37 Å². The minimum Gasteiger partial charge on any atom is -0.772 e. The van der Waals surface area contributed by atoms with Crippen LogP contribution in [0.5, 0.6) is 5.88 Å². The molecule has 1 aliphatic rings. The van der Waals surface area contributed by atoms with E-state index in [9.17, 15) is 17.5 Å². The third-order valence-corrected chi connectivity index (χ3v) is 5.71. The molecule has 4 N–H and O–H groups in total. The molecule has 0 amide bonds. The fourth-order valence-corrected chi connectivity index (χ4v) is 4.32. The molecule has 1 aromatic heterocycles. The lowest BCUT2D eigenvalue weighted by atomic mass is 9.88. The van der Waals surface area contributed by atoms with E-state index in [1.807, 2.05) is 0 Å². The lowest BCUT2D eigenvalue weighted by Crippen LogP contribution is -2.43. The second kappa shape index (κ2) is 7.87. The van der Waals surface area contributed by atoms with Crippen LogP contribution in [0.3, 0.4) is 0 Å². The minimum absolute atomic E-state index is 0.0101. The summed E-state index contributed by atoms with van der Waals surface area (Å²) in [5.74, 6) is -2.08. The van der Waals surface area contributed by atoms with E-state index in [1.54, 1.807) is 6.07 Å². The quantitative estimate of drug-likeness (QED) is 0.396. The maximum absolute atomic E-state index is 14.7. The molecule has 29 heavy (non-hydrogen) atoms. The van der Waals surface area contributed by atoms with Crippen molar-refractivity contribution in [2.24, 2.45) is 16.5 Å². The predicted molar refractivity (Wildman–Crippen MR) is 102 cm³/mol. The van der Waals surface area contributed by atoms with Crippen LogP contribution in [0.2, 0.25) is 0 Å². The van der Waals surface area contributed by atoms with Crippen molar-refractivity contribution in [3.63, 3.8) is 0 Å². The fourth-order valence-electron chi connectivity index (χ4n) is 3.45. The summed E-state index contributed by atoms with van der Waals surface area (Å²) >= 11 is -2.68. The fraction of sp³-hybridized carbons (Fsp3) is 0.353. The highest BCUT2D eigenvalue weighted by Crippen LogP contribution is 2.41. The van der Waals surface area contributed by atoms with Crippen LogP contribution in [0, 0.1) is 18.6 Å². The number of benzene rings is 1. The van der Waals surface area contributed by atoms with E-state index in [4.69, 9.17) is 16.2 Å². The first-order chi connectivity index (χ1) is 13.7. The molecule has 0 aliphatic carbocycles. The standard InChI is InChI=1S/C17H20F2N6O3S/c1-9-13(19)14(28-2)23-16(22-9)25-7-12(29(26)27)17(8-25,24-15(20)21)10-5-3-4-6-11(10)18/h3-6,12H,7-8H2,1-2H3,(H,26,27)(H4,20,21,24)/p-1. The zero-order valence-electron chi connectivity index (χ0n) is 15.6. The number of rotatable bonds is 5. The Labute approximate surface area is 168 Å². The molecule has 3 atom stereocenters. The molecule has 9 nitrogen and oxygen atoms in total. The molecule has 0 radical (unpaired) electrons. The van der Waals surface area contributed by atoms with Crippen molar-refractivity contribution in [2.45, 2.75) is 17.7 Å². The summed E-state index contributed by atoms with van der Waals surface area (Å²) < 4.78 is 57.8. The summed E-state index contributed by atoms with van der Waals surface area (Å²) in [6.45, 7) is 1.12. The van der Waals surface area contributed by atoms with Crippen LogP contribution >= 0.6 is 0 Å². The number of hydrogen-bond donors (Lipinski definition) is 2. The van der Waals surface area contributed by atoms with Gasteiger partial charge in [0.05, 0.1) is 24.6 Å². The first-order valence-corrected chi connectivity index (χ1v) is 9.60. The number of ether oxygens (including phenoxy) is 1. The molecule has 1 aromatic carbocycles. The molecule has 156 valence electrons. The largest absolute Gasteiger partial charge is 0.772 e. The van der Waals surface area contributed by atoms with E-state index < -0.39 is 39.5 Å². The normalized spacial score (nSPS) is 22.4. The van der Waals surface area contributed by atoms with Crippen molar-refractivity contribution >= 4 is 23.0 Å². The van der Waals surface area contributed by atoms with Gasteiger partial charge in [0.15, 0.2) is 5.96 Å². The van der Waals surface area contributed by atoms with Crippen LogP contribution in [0.15, 0.2) is 29.3 Å². The molecular formula is C17H19F2N6O3S-. The Kier molecular flexibility index (Phi) is 5.66. The van der Waals surface area contributed by atoms with E-state index in [0.29, 0.717) is 0 Å². The van der Waals surface area contributed by atoms with E-state index >= 15 is 0 Å². The van der Waals surface area contributed by atoms with E-state index in [2.05, 4.69) is 15.0 Å². The molecule has 2 aromatic rings. The molecular weight excluding hydrogens is 406 g/mol. The van der Waals surface area contributed by atoms with Gasteiger partial charge in [-0.1, -0.05) is 18.2 Å². The number of aryl methyl sites for hydroxylation is 1. The van der Waals surface area contributed by atoms with Crippen LogP contribution in [0.1, 0.15) is 11.3 Å². The highest BCUT2D eigenvalue weighted by molar-refractivity contribution is 7.80. The van der Waals surface area contributed by atoms with E-state index in [0.717, 1.165) is 0 Å². The van der Waals surface area contributed by atoms with Crippen LogP contribution in [0.4, 0.5) is 14.7 Å². The first kappa shape index (κ1) is 20.9. The molecule has 0 spiro atoms. The number of guanidine groups is 1. The SMILES string of the molecule is COc1nc(N2CC(S(=O)[O-])C(N=C(N)N)(c3ccccc3F)C2)nc(C)c1F. The molecule has 1 saturated heterocycles. The summed E-state index contributed by atoms with van der Waals surface area (Å²) in [6.07, 6.45) is 0. The second-order valence-electron chi connectivity index (χ2n) is 6.50. The van der Waals surface area contributed by atoms with Gasteiger partial charge in [0.2, 0.25) is 11.8 Å². The summed E-state index contributed by atoms with van der Waals surface area (Å²) in [5, 5.41) is -1.22. The van der Waals surface area contributed by atoms with Gasteiger partial charge in [-0.3, -0.25) is 4.21 Å². The Balaban J connectivity index is 2.18. The molecule has 0 bridgehead atoms. The number of anilines is 1. The Bertz CT molecular complexity index is 988. The lowest BCUT2D eigenvalue weighted by molar-refractivity contribution is 0.365. The maximum Gasteiger partial charge on any atom is 0.255 e. The summed E-state index contributed by atoms with van der Waals surface area (Å²) in [5.41, 5.74) is 9.51. The van der Waals surface area contributed by atoms with Gasteiger partial charge in [-0.25, -0.2) is 14.4 Å². The molecule has 2 heterocycles. The molecule has 0 saturated carbocycles. The third kappa shape index (κ3) is 3.72. The van der Waals surface area contributed by atoms with Crippen molar-refractivity contribution in [2.75, 3.05) is 25.1 Å². The average Bonchev–Trinajstić information content (AvgIpc) is 3.04. The van der Waals surface area contributed by atoms with Gasteiger partial charge in [0.25, 0.3) is 5.88 Å². The van der Waals surface area contributed by atoms with Crippen LogP contribution in [-0.4, -0.2) is 50.1 Å². The highest BCUT2D eigenvalue weighted by Gasteiger charge is 2.51. The Morgan fingerprint density at radius 3 is 2.66 bits per heavy atom. The highest BCUT2D eigenvalue weighted by atomic mass is 32.2. The monoisotopic (exact) mass is 425 g/mol. The van der Waals surface area contributed by atoms with Crippen molar-refractivity contribution in [3.8, 4) is 5.88 Å². The van der Waals surface area contributed by atoms with Gasteiger partial charge in [-0.05, 0) is 24.1 Å². The second-order valence-corrected chi connectivity index (χ2v) is 7.59. The zero-order valence-corrected chi connectivity index (χ0v) is 16.4. The molecule has 3 rings (SSSR count). The van der Waals surface area contributed by atoms with Crippen molar-refractivity contribution in [3.05, 3.63) is 47.2 Å². The molecule has 12 heteroatoms. The lowest BCUT2D eigenvalue weighted by Gasteiger charge is -2.32.